The Hall–Kier alpha value is -1.83. The molecule has 5 nitrogen and oxygen atoms in total. The van der Waals surface area contributed by atoms with E-state index >= 15 is 0 Å². The van der Waals surface area contributed by atoms with Crippen LogP contribution in [-0.4, -0.2) is 38.1 Å². The van der Waals surface area contributed by atoms with Crippen LogP contribution in [-0.2, 0) is 13.0 Å². The summed E-state index contributed by atoms with van der Waals surface area (Å²) in [4.78, 5) is 11.1. The summed E-state index contributed by atoms with van der Waals surface area (Å²) in [7, 11) is 4.09. The largest absolute Gasteiger partial charge is 0.378 e. The molecule has 0 fully saturated rings. The van der Waals surface area contributed by atoms with E-state index in [2.05, 4.69) is 56.7 Å². The van der Waals surface area contributed by atoms with Crippen LogP contribution in [0.3, 0.4) is 0 Å². The van der Waals surface area contributed by atoms with E-state index in [0.717, 1.165) is 31.2 Å². The van der Waals surface area contributed by atoms with E-state index in [4.69, 9.17) is 0 Å². The van der Waals surface area contributed by atoms with E-state index in [-0.39, 0.29) is 24.0 Å². The van der Waals surface area contributed by atoms with Gasteiger partial charge in [-0.25, -0.2) is 4.99 Å². The molecule has 0 bridgehead atoms. The zero-order valence-corrected chi connectivity index (χ0v) is 17.5. The van der Waals surface area contributed by atoms with Gasteiger partial charge in [-0.15, -0.1) is 24.0 Å². The molecule has 2 N–H and O–H groups in total. The van der Waals surface area contributed by atoms with Crippen LogP contribution in [0.1, 0.15) is 18.2 Å². The summed E-state index contributed by atoms with van der Waals surface area (Å²) in [6, 6.07) is 14.4. The lowest BCUT2D eigenvalue weighted by molar-refractivity contribution is 0.788. The highest BCUT2D eigenvalue weighted by Gasteiger charge is 2.00. The molecule has 2 rings (SSSR count). The van der Waals surface area contributed by atoms with Crippen molar-refractivity contribution >= 4 is 35.6 Å². The number of pyridine rings is 1. The van der Waals surface area contributed by atoms with E-state index in [9.17, 15) is 0 Å². The first kappa shape index (κ1) is 21.2. The number of aromatic nitrogens is 1. The summed E-state index contributed by atoms with van der Waals surface area (Å²) in [6.07, 6.45) is 2.70. The Balaban J connectivity index is 0.00000312. The number of halogens is 1. The monoisotopic (exact) mass is 453 g/mol. The molecule has 0 aliphatic carbocycles. The first-order valence-corrected chi connectivity index (χ1v) is 8.37. The highest BCUT2D eigenvalue weighted by atomic mass is 127. The van der Waals surface area contributed by atoms with E-state index in [0.29, 0.717) is 6.54 Å². The van der Waals surface area contributed by atoms with Crippen LogP contribution in [0.4, 0.5) is 5.69 Å². The third kappa shape index (κ3) is 7.72. The van der Waals surface area contributed by atoms with Gasteiger partial charge in [0.25, 0.3) is 0 Å². The first-order chi connectivity index (χ1) is 11.7. The predicted molar refractivity (Wildman–Crippen MR) is 117 cm³/mol. The van der Waals surface area contributed by atoms with Crippen LogP contribution in [0.25, 0.3) is 0 Å². The summed E-state index contributed by atoms with van der Waals surface area (Å²) < 4.78 is 0. The van der Waals surface area contributed by atoms with E-state index in [1.165, 1.54) is 11.3 Å². The van der Waals surface area contributed by atoms with Crippen molar-refractivity contribution in [3.05, 3.63) is 59.9 Å². The smallest absolute Gasteiger partial charge is 0.191 e. The van der Waals surface area contributed by atoms with Gasteiger partial charge in [0.2, 0.25) is 0 Å². The molecule has 25 heavy (non-hydrogen) atoms. The number of hydrogen-bond donors (Lipinski definition) is 2. The maximum Gasteiger partial charge on any atom is 0.191 e. The van der Waals surface area contributed by atoms with E-state index in [1.807, 2.05) is 38.5 Å². The van der Waals surface area contributed by atoms with Gasteiger partial charge in [0.15, 0.2) is 5.96 Å². The predicted octanol–water partition coefficient (Wildman–Crippen LogP) is 3.06. The zero-order chi connectivity index (χ0) is 17.2. The average Bonchev–Trinajstić information content (AvgIpc) is 2.61. The Morgan fingerprint density at radius 1 is 1.12 bits per heavy atom. The van der Waals surface area contributed by atoms with Crippen LogP contribution in [0.15, 0.2) is 53.7 Å². The van der Waals surface area contributed by atoms with E-state index in [1.54, 1.807) is 0 Å². The Labute approximate surface area is 168 Å². The second-order valence-electron chi connectivity index (χ2n) is 5.76. The Morgan fingerprint density at radius 2 is 1.96 bits per heavy atom. The maximum absolute atomic E-state index is 4.67. The third-order valence-corrected chi connectivity index (χ3v) is 3.59. The average molecular weight is 453 g/mol. The summed E-state index contributed by atoms with van der Waals surface area (Å²) in [5.41, 5.74) is 3.47. The van der Waals surface area contributed by atoms with Gasteiger partial charge in [0, 0.05) is 51.2 Å². The molecule has 1 aromatic carbocycles. The van der Waals surface area contributed by atoms with Crippen LogP contribution in [0, 0.1) is 0 Å². The molecule has 2 aromatic rings. The maximum atomic E-state index is 4.67. The number of aliphatic imine (C=N–C) groups is 1. The number of benzene rings is 1. The minimum atomic E-state index is 0. The fourth-order valence-corrected chi connectivity index (χ4v) is 2.30. The zero-order valence-electron chi connectivity index (χ0n) is 15.2. The molecule has 0 saturated carbocycles. The first-order valence-electron chi connectivity index (χ1n) is 8.37. The molecule has 0 spiro atoms. The number of rotatable bonds is 7. The topological polar surface area (TPSA) is 52.6 Å². The molecule has 1 heterocycles. The lowest BCUT2D eigenvalue weighted by Gasteiger charge is -2.14. The highest BCUT2D eigenvalue weighted by molar-refractivity contribution is 14.0. The van der Waals surface area contributed by atoms with Crippen LogP contribution in [0.5, 0.6) is 0 Å². The van der Waals surface area contributed by atoms with Crippen LogP contribution >= 0.6 is 24.0 Å². The Kier molecular flexibility index (Phi) is 9.91. The van der Waals surface area contributed by atoms with Gasteiger partial charge in [-0.1, -0.05) is 18.2 Å². The van der Waals surface area contributed by atoms with Gasteiger partial charge < -0.3 is 15.5 Å². The molecule has 6 heteroatoms. The Morgan fingerprint density at radius 3 is 2.64 bits per heavy atom. The number of hydrogen-bond acceptors (Lipinski definition) is 3. The van der Waals surface area contributed by atoms with Gasteiger partial charge in [0.1, 0.15) is 0 Å². The molecule has 0 aliphatic rings. The van der Waals surface area contributed by atoms with Gasteiger partial charge in [0.05, 0.1) is 6.54 Å². The molecule has 0 saturated heterocycles. The Bertz CT molecular complexity index is 643. The third-order valence-electron chi connectivity index (χ3n) is 3.59. The molecule has 0 amide bonds. The van der Waals surface area contributed by atoms with Gasteiger partial charge in [-0.2, -0.15) is 0 Å². The van der Waals surface area contributed by atoms with E-state index < -0.39 is 0 Å². The van der Waals surface area contributed by atoms with Crippen LogP contribution in [0.2, 0.25) is 0 Å². The normalized spacial score (nSPS) is 10.8. The van der Waals surface area contributed by atoms with Gasteiger partial charge >= 0.3 is 0 Å². The fourth-order valence-electron chi connectivity index (χ4n) is 2.30. The summed E-state index contributed by atoms with van der Waals surface area (Å²) in [6.45, 7) is 4.37. The molecule has 1 aromatic heterocycles. The summed E-state index contributed by atoms with van der Waals surface area (Å²) >= 11 is 0. The molecule has 0 aliphatic heterocycles. The number of nitrogens with one attached hydrogen (secondary N) is 2. The molecule has 0 atom stereocenters. The van der Waals surface area contributed by atoms with Gasteiger partial charge in [-0.05, 0) is 36.8 Å². The highest BCUT2D eigenvalue weighted by Crippen LogP contribution is 2.13. The molecular formula is C19H28IN5. The summed E-state index contributed by atoms with van der Waals surface area (Å²) in [5, 5.41) is 6.65. The molecular weight excluding hydrogens is 425 g/mol. The van der Waals surface area contributed by atoms with Crippen molar-refractivity contribution < 1.29 is 0 Å². The van der Waals surface area contributed by atoms with Gasteiger partial charge in [-0.3, -0.25) is 4.98 Å². The number of nitrogens with zero attached hydrogens (tertiary/aromatic N) is 3. The van der Waals surface area contributed by atoms with Crippen molar-refractivity contribution in [2.75, 3.05) is 32.1 Å². The molecule has 136 valence electrons. The number of guanidine groups is 1. The summed E-state index contributed by atoms with van der Waals surface area (Å²) in [5.74, 6) is 0.837. The standard InChI is InChI=1S/C19H27N5.HI/c1-4-20-19(22-13-11-17-9-5-6-12-21-17)23-15-16-8-7-10-18(14-16)24(2)3;/h5-10,12,14H,4,11,13,15H2,1-3H3,(H2,20,22,23);1H. The lowest BCUT2D eigenvalue weighted by atomic mass is 10.2. The second kappa shape index (κ2) is 11.7. The van der Waals surface area contributed by atoms with Crippen molar-refractivity contribution in [2.45, 2.75) is 19.9 Å². The molecule has 0 radical (unpaired) electrons. The van der Waals surface area contributed by atoms with Crippen molar-refractivity contribution in [2.24, 2.45) is 4.99 Å². The van der Waals surface area contributed by atoms with Crippen molar-refractivity contribution in [3.63, 3.8) is 0 Å². The van der Waals surface area contributed by atoms with Crippen LogP contribution < -0.4 is 15.5 Å². The SMILES string of the molecule is CCNC(=NCc1cccc(N(C)C)c1)NCCc1ccccn1.I. The fraction of sp³-hybridized carbons (Fsp3) is 0.368. The van der Waals surface area contributed by atoms with Crippen molar-refractivity contribution in [1.29, 1.82) is 0 Å². The number of anilines is 1. The second-order valence-corrected chi connectivity index (χ2v) is 5.76. The lowest BCUT2D eigenvalue weighted by Crippen LogP contribution is -2.38. The minimum Gasteiger partial charge on any atom is -0.378 e. The minimum absolute atomic E-state index is 0. The quantitative estimate of drug-likeness (QED) is 0.385. The van der Waals surface area contributed by atoms with Crippen molar-refractivity contribution in [1.82, 2.24) is 15.6 Å². The van der Waals surface area contributed by atoms with Crippen molar-refractivity contribution in [3.8, 4) is 0 Å². The molecule has 0 unspecified atom stereocenters.